The lowest BCUT2D eigenvalue weighted by molar-refractivity contribution is -0.370. The fourth-order valence-electron chi connectivity index (χ4n) is 1.26. The van der Waals surface area contributed by atoms with Crippen LogP contribution in [0.2, 0.25) is 0 Å². The van der Waals surface area contributed by atoms with E-state index in [0.717, 1.165) is 19.0 Å². The average molecular weight is 152 g/mol. The summed E-state index contributed by atoms with van der Waals surface area (Å²) in [5.41, 5.74) is 5.07. The Labute approximate surface area is 66.2 Å². The lowest BCUT2D eigenvalue weighted by Crippen LogP contribution is -2.52. The lowest BCUT2D eigenvalue weighted by atomic mass is 10.3. The van der Waals surface area contributed by atoms with Gasteiger partial charge in [-0.15, -0.1) is 0 Å². The SMILES string of the molecule is [NH3+]CCn1ccc(C2CC2)n1. The fourth-order valence-corrected chi connectivity index (χ4v) is 1.26. The van der Waals surface area contributed by atoms with Crippen molar-refractivity contribution in [3.05, 3.63) is 18.0 Å². The largest absolute Gasteiger partial charge is 0.356 e. The van der Waals surface area contributed by atoms with Crippen molar-refractivity contribution in [3.8, 4) is 0 Å². The molecule has 3 heteroatoms. The molecule has 0 bridgehead atoms. The molecule has 1 fully saturated rings. The molecule has 3 nitrogen and oxygen atoms in total. The second-order valence-corrected chi connectivity index (χ2v) is 3.13. The smallest absolute Gasteiger partial charge is 0.0939 e. The van der Waals surface area contributed by atoms with Gasteiger partial charge in [-0.05, 0) is 18.9 Å². The predicted molar refractivity (Wildman–Crippen MR) is 42.0 cm³/mol. The minimum atomic E-state index is 0.779. The summed E-state index contributed by atoms with van der Waals surface area (Å²) in [4.78, 5) is 0. The monoisotopic (exact) mass is 152 g/mol. The zero-order chi connectivity index (χ0) is 7.68. The Morgan fingerprint density at radius 1 is 1.64 bits per heavy atom. The summed E-state index contributed by atoms with van der Waals surface area (Å²) in [6.45, 7) is 1.87. The van der Waals surface area contributed by atoms with Gasteiger partial charge in [0.15, 0.2) is 0 Å². The van der Waals surface area contributed by atoms with Gasteiger partial charge in [0.25, 0.3) is 0 Å². The molecule has 0 saturated heterocycles. The highest BCUT2D eigenvalue weighted by Crippen LogP contribution is 2.38. The van der Waals surface area contributed by atoms with E-state index in [2.05, 4.69) is 23.1 Å². The van der Waals surface area contributed by atoms with Crippen LogP contribution in [0.4, 0.5) is 0 Å². The summed E-state index contributed by atoms with van der Waals surface area (Å²) < 4.78 is 1.99. The molecule has 0 radical (unpaired) electrons. The fraction of sp³-hybridized carbons (Fsp3) is 0.625. The highest BCUT2D eigenvalue weighted by atomic mass is 15.3. The third-order valence-corrected chi connectivity index (χ3v) is 2.04. The van der Waals surface area contributed by atoms with Gasteiger partial charge in [0, 0.05) is 12.1 Å². The zero-order valence-electron chi connectivity index (χ0n) is 6.66. The van der Waals surface area contributed by atoms with Crippen LogP contribution >= 0.6 is 0 Å². The molecule has 0 amide bonds. The van der Waals surface area contributed by atoms with Gasteiger partial charge in [-0.2, -0.15) is 5.10 Å². The Bertz CT molecular complexity index is 237. The van der Waals surface area contributed by atoms with Crippen molar-refractivity contribution in [1.29, 1.82) is 0 Å². The highest BCUT2D eigenvalue weighted by Gasteiger charge is 2.25. The maximum Gasteiger partial charge on any atom is 0.0939 e. The second kappa shape index (κ2) is 2.66. The van der Waals surface area contributed by atoms with Crippen LogP contribution in [0, 0.1) is 0 Å². The van der Waals surface area contributed by atoms with E-state index in [1.54, 1.807) is 0 Å². The molecule has 2 rings (SSSR count). The van der Waals surface area contributed by atoms with Gasteiger partial charge < -0.3 is 5.73 Å². The first-order valence-electron chi connectivity index (χ1n) is 4.23. The molecule has 1 aliphatic rings. The molecule has 3 N–H and O–H groups in total. The Kier molecular flexibility index (Phi) is 1.66. The Morgan fingerprint density at radius 3 is 3.09 bits per heavy atom. The molecule has 1 aromatic heterocycles. The maximum absolute atomic E-state index is 4.44. The first-order chi connectivity index (χ1) is 5.40. The molecule has 1 heterocycles. The summed E-state index contributed by atoms with van der Waals surface area (Å²) in [5.74, 6) is 0.779. The Balaban J connectivity index is 2.06. The van der Waals surface area contributed by atoms with Crippen molar-refractivity contribution in [2.75, 3.05) is 6.54 Å². The molecule has 1 aliphatic carbocycles. The van der Waals surface area contributed by atoms with Crippen molar-refractivity contribution in [2.45, 2.75) is 25.3 Å². The van der Waals surface area contributed by atoms with Gasteiger partial charge in [0.2, 0.25) is 0 Å². The Hall–Kier alpha value is -0.830. The number of aromatic nitrogens is 2. The van der Waals surface area contributed by atoms with E-state index in [1.165, 1.54) is 18.5 Å². The van der Waals surface area contributed by atoms with Gasteiger partial charge in [-0.1, -0.05) is 0 Å². The van der Waals surface area contributed by atoms with Crippen molar-refractivity contribution in [3.63, 3.8) is 0 Å². The molecule has 0 spiro atoms. The van der Waals surface area contributed by atoms with E-state index >= 15 is 0 Å². The van der Waals surface area contributed by atoms with Crippen molar-refractivity contribution in [2.24, 2.45) is 0 Å². The number of rotatable bonds is 3. The molecule has 1 aromatic rings. The van der Waals surface area contributed by atoms with E-state index < -0.39 is 0 Å². The number of nitrogens with zero attached hydrogens (tertiary/aromatic N) is 2. The van der Waals surface area contributed by atoms with E-state index in [0.29, 0.717) is 0 Å². The average Bonchev–Trinajstić information content (AvgIpc) is 2.75. The summed E-state index contributed by atoms with van der Waals surface area (Å²) in [5, 5.41) is 4.44. The van der Waals surface area contributed by atoms with Crippen LogP contribution in [0.15, 0.2) is 12.3 Å². The van der Waals surface area contributed by atoms with Gasteiger partial charge in [-0.3, -0.25) is 4.68 Å². The minimum absolute atomic E-state index is 0.779. The minimum Gasteiger partial charge on any atom is -0.356 e. The first-order valence-corrected chi connectivity index (χ1v) is 4.23. The summed E-state index contributed by atoms with van der Waals surface area (Å²) in [7, 11) is 0. The number of quaternary nitrogens is 1. The molecular formula is C8H14N3+. The van der Waals surface area contributed by atoms with Crippen LogP contribution in [-0.4, -0.2) is 16.3 Å². The van der Waals surface area contributed by atoms with Crippen LogP contribution < -0.4 is 5.73 Å². The molecule has 0 unspecified atom stereocenters. The van der Waals surface area contributed by atoms with E-state index in [-0.39, 0.29) is 0 Å². The number of hydrogen-bond donors (Lipinski definition) is 1. The summed E-state index contributed by atoms with van der Waals surface area (Å²) in [6.07, 6.45) is 4.72. The Morgan fingerprint density at radius 2 is 2.45 bits per heavy atom. The second-order valence-electron chi connectivity index (χ2n) is 3.13. The van der Waals surface area contributed by atoms with Crippen molar-refractivity contribution in [1.82, 2.24) is 9.78 Å². The topological polar surface area (TPSA) is 45.5 Å². The van der Waals surface area contributed by atoms with Crippen LogP contribution in [0.3, 0.4) is 0 Å². The van der Waals surface area contributed by atoms with Gasteiger partial charge in [0.1, 0.15) is 0 Å². The standard InChI is InChI=1S/C8H13N3/c9-4-6-11-5-3-8(10-11)7-1-2-7/h3,5,7H,1-2,4,6,9H2/p+1. The molecule has 11 heavy (non-hydrogen) atoms. The summed E-state index contributed by atoms with van der Waals surface area (Å²) >= 11 is 0. The molecule has 0 aromatic carbocycles. The van der Waals surface area contributed by atoms with Crippen LogP contribution in [-0.2, 0) is 6.54 Å². The lowest BCUT2D eigenvalue weighted by Gasteiger charge is -1.93. The molecule has 0 atom stereocenters. The van der Waals surface area contributed by atoms with E-state index in [1.807, 2.05) is 4.68 Å². The molecular weight excluding hydrogens is 138 g/mol. The third kappa shape index (κ3) is 1.43. The van der Waals surface area contributed by atoms with E-state index in [4.69, 9.17) is 0 Å². The maximum atomic E-state index is 4.44. The summed E-state index contributed by atoms with van der Waals surface area (Å²) in [6, 6.07) is 2.13. The highest BCUT2D eigenvalue weighted by molar-refractivity contribution is 5.12. The number of hydrogen-bond acceptors (Lipinski definition) is 1. The third-order valence-electron chi connectivity index (χ3n) is 2.04. The van der Waals surface area contributed by atoms with Crippen LogP contribution in [0.5, 0.6) is 0 Å². The van der Waals surface area contributed by atoms with Gasteiger partial charge in [-0.25, -0.2) is 0 Å². The van der Waals surface area contributed by atoms with Crippen molar-refractivity contribution >= 4 is 0 Å². The van der Waals surface area contributed by atoms with E-state index in [9.17, 15) is 0 Å². The zero-order valence-corrected chi connectivity index (χ0v) is 6.66. The normalized spacial score (nSPS) is 17.2. The van der Waals surface area contributed by atoms with Crippen LogP contribution in [0.1, 0.15) is 24.5 Å². The molecule has 60 valence electrons. The first kappa shape index (κ1) is 6.85. The van der Waals surface area contributed by atoms with Gasteiger partial charge >= 0.3 is 0 Å². The van der Waals surface area contributed by atoms with Crippen molar-refractivity contribution < 1.29 is 5.73 Å². The predicted octanol–water partition coefficient (Wildman–Crippen LogP) is 0.00240. The van der Waals surface area contributed by atoms with Gasteiger partial charge in [0.05, 0.1) is 18.8 Å². The quantitative estimate of drug-likeness (QED) is 0.651. The molecule has 1 saturated carbocycles. The molecule has 0 aliphatic heterocycles. The van der Waals surface area contributed by atoms with Crippen LogP contribution in [0.25, 0.3) is 0 Å².